The molecule has 0 spiro atoms. The molecule has 1 aliphatic rings. The van der Waals surface area contributed by atoms with Gasteiger partial charge in [-0.1, -0.05) is 6.07 Å². The van der Waals surface area contributed by atoms with Crippen LogP contribution in [0.25, 0.3) is 10.9 Å². The van der Waals surface area contributed by atoms with Crippen LogP contribution in [0.1, 0.15) is 16.1 Å². The molecule has 1 aromatic heterocycles. The van der Waals surface area contributed by atoms with Crippen LogP contribution in [0, 0.1) is 0 Å². The van der Waals surface area contributed by atoms with E-state index in [2.05, 4.69) is 5.32 Å². The smallest absolute Gasteiger partial charge is 0.267 e. The molecule has 0 aliphatic carbocycles. The number of amides is 1. The first-order chi connectivity index (χ1) is 12.7. The van der Waals surface area contributed by atoms with E-state index in [0.29, 0.717) is 12.2 Å². The van der Waals surface area contributed by atoms with Crippen molar-refractivity contribution in [2.45, 2.75) is 6.42 Å². The number of fused-ring (bicyclic) bond motifs is 2. The van der Waals surface area contributed by atoms with Crippen LogP contribution in [0.3, 0.4) is 0 Å². The summed E-state index contributed by atoms with van der Waals surface area (Å²) in [4.78, 5) is 12.6. The summed E-state index contributed by atoms with van der Waals surface area (Å²) in [5.41, 5.74) is 2.71. The van der Waals surface area contributed by atoms with Gasteiger partial charge in [0.2, 0.25) is 6.79 Å². The van der Waals surface area contributed by atoms with Crippen molar-refractivity contribution in [2.75, 3.05) is 20.4 Å². The summed E-state index contributed by atoms with van der Waals surface area (Å²) in [6, 6.07) is 13.5. The first-order valence-electron chi connectivity index (χ1n) is 8.46. The molecule has 3 aromatic rings. The second-order valence-electron chi connectivity index (χ2n) is 6.21. The van der Waals surface area contributed by atoms with Crippen LogP contribution in [0.4, 0.5) is 0 Å². The Morgan fingerprint density at radius 2 is 2.00 bits per heavy atom. The number of hydrogen-bond acceptors (Lipinski definition) is 4. The first kappa shape index (κ1) is 16.3. The van der Waals surface area contributed by atoms with E-state index in [1.54, 1.807) is 7.11 Å². The van der Waals surface area contributed by atoms with E-state index >= 15 is 0 Å². The van der Waals surface area contributed by atoms with Gasteiger partial charge in [-0.25, -0.2) is 0 Å². The second kappa shape index (κ2) is 6.63. The van der Waals surface area contributed by atoms with Gasteiger partial charge in [0.25, 0.3) is 5.91 Å². The van der Waals surface area contributed by atoms with E-state index in [9.17, 15) is 4.79 Å². The van der Waals surface area contributed by atoms with Crippen molar-refractivity contribution in [3.05, 3.63) is 53.7 Å². The highest BCUT2D eigenvalue weighted by atomic mass is 16.7. The van der Waals surface area contributed by atoms with Crippen LogP contribution in [-0.2, 0) is 13.5 Å². The molecule has 0 unspecified atom stereocenters. The van der Waals surface area contributed by atoms with E-state index in [1.165, 1.54) is 0 Å². The number of aryl methyl sites for hydroxylation is 1. The van der Waals surface area contributed by atoms with Gasteiger partial charge in [-0.3, -0.25) is 4.79 Å². The lowest BCUT2D eigenvalue weighted by Gasteiger charge is -2.07. The Hall–Kier alpha value is -3.15. The molecular weight excluding hydrogens is 332 g/mol. The lowest BCUT2D eigenvalue weighted by molar-refractivity contribution is 0.0946. The summed E-state index contributed by atoms with van der Waals surface area (Å²) >= 11 is 0. The third-order valence-corrected chi connectivity index (χ3v) is 4.62. The number of nitrogens with one attached hydrogen (secondary N) is 1. The Morgan fingerprint density at radius 3 is 2.85 bits per heavy atom. The van der Waals surface area contributed by atoms with Crippen molar-refractivity contribution < 1.29 is 19.0 Å². The van der Waals surface area contributed by atoms with Gasteiger partial charge in [-0.2, -0.15) is 0 Å². The fourth-order valence-corrected chi connectivity index (χ4v) is 3.18. The highest BCUT2D eigenvalue weighted by Crippen LogP contribution is 2.32. The Kier molecular flexibility index (Phi) is 4.16. The average Bonchev–Trinajstić information content (AvgIpc) is 3.25. The number of carbonyl (C=O) groups excluding carboxylic acids is 1. The van der Waals surface area contributed by atoms with Gasteiger partial charge >= 0.3 is 0 Å². The lowest BCUT2D eigenvalue weighted by Crippen LogP contribution is -2.27. The molecular formula is C20H20N2O4. The maximum absolute atomic E-state index is 12.6. The van der Waals surface area contributed by atoms with Gasteiger partial charge in [0.1, 0.15) is 11.4 Å². The van der Waals surface area contributed by atoms with E-state index in [-0.39, 0.29) is 12.7 Å². The third-order valence-electron chi connectivity index (χ3n) is 4.62. The van der Waals surface area contributed by atoms with Gasteiger partial charge in [0.15, 0.2) is 11.5 Å². The van der Waals surface area contributed by atoms with Gasteiger partial charge in [-0.05, 0) is 48.4 Å². The summed E-state index contributed by atoms with van der Waals surface area (Å²) in [6.45, 7) is 0.810. The molecule has 1 N–H and O–H groups in total. The van der Waals surface area contributed by atoms with Crippen molar-refractivity contribution in [2.24, 2.45) is 7.05 Å². The SMILES string of the molecule is COc1ccc2c(c1)cc(C(=O)NCCc1ccc3c(c1)OCO3)n2C. The third kappa shape index (κ3) is 2.94. The fraction of sp³-hybridized carbons (Fsp3) is 0.250. The normalized spacial score (nSPS) is 12.4. The standard InChI is InChI=1S/C20H20N2O4/c1-22-16-5-4-15(24-2)10-14(16)11-17(22)20(23)21-8-7-13-3-6-18-19(9-13)26-12-25-18/h3-6,9-11H,7-8,12H2,1-2H3,(H,21,23). The minimum Gasteiger partial charge on any atom is -0.497 e. The molecule has 0 bridgehead atoms. The monoisotopic (exact) mass is 352 g/mol. The summed E-state index contributed by atoms with van der Waals surface area (Å²) in [5.74, 6) is 2.21. The molecule has 1 amide bonds. The number of benzene rings is 2. The highest BCUT2D eigenvalue weighted by molar-refractivity contribution is 5.99. The van der Waals surface area contributed by atoms with Crippen molar-refractivity contribution in [1.82, 2.24) is 9.88 Å². The summed E-state index contributed by atoms with van der Waals surface area (Å²) in [6.07, 6.45) is 0.722. The van der Waals surface area contributed by atoms with E-state index < -0.39 is 0 Å². The van der Waals surface area contributed by atoms with Gasteiger partial charge < -0.3 is 24.1 Å². The summed E-state index contributed by atoms with van der Waals surface area (Å²) in [7, 11) is 3.52. The van der Waals surface area contributed by atoms with Crippen LogP contribution >= 0.6 is 0 Å². The van der Waals surface area contributed by atoms with Crippen molar-refractivity contribution in [3.8, 4) is 17.2 Å². The molecule has 0 saturated carbocycles. The first-order valence-corrected chi connectivity index (χ1v) is 8.46. The molecule has 6 heteroatoms. The largest absolute Gasteiger partial charge is 0.497 e. The Balaban J connectivity index is 1.43. The predicted molar refractivity (Wildman–Crippen MR) is 98.1 cm³/mol. The average molecular weight is 352 g/mol. The van der Waals surface area contributed by atoms with E-state index in [4.69, 9.17) is 14.2 Å². The van der Waals surface area contributed by atoms with Gasteiger partial charge in [-0.15, -0.1) is 0 Å². The van der Waals surface area contributed by atoms with E-state index in [1.807, 2.05) is 54.1 Å². The second-order valence-corrected chi connectivity index (χ2v) is 6.21. The van der Waals surface area contributed by atoms with Gasteiger partial charge in [0, 0.05) is 24.5 Å². The number of methoxy groups -OCH3 is 1. The van der Waals surface area contributed by atoms with Crippen molar-refractivity contribution >= 4 is 16.8 Å². The Bertz CT molecular complexity index is 977. The van der Waals surface area contributed by atoms with Crippen molar-refractivity contribution in [1.29, 1.82) is 0 Å². The molecule has 4 rings (SSSR count). The molecule has 6 nitrogen and oxygen atoms in total. The number of aromatic nitrogens is 1. The Labute approximate surface area is 151 Å². The zero-order chi connectivity index (χ0) is 18.1. The molecule has 1 aliphatic heterocycles. The zero-order valence-electron chi connectivity index (χ0n) is 14.7. The van der Waals surface area contributed by atoms with E-state index in [0.717, 1.165) is 40.1 Å². The molecule has 0 fully saturated rings. The summed E-state index contributed by atoms with van der Waals surface area (Å²) < 4.78 is 17.8. The number of rotatable bonds is 5. The molecule has 0 atom stereocenters. The van der Waals surface area contributed by atoms with Crippen LogP contribution in [0.2, 0.25) is 0 Å². The number of ether oxygens (including phenoxy) is 3. The molecule has 26 heavy (non-hydrogen) atoms. The van der Waals surface area contributed by atoms with Crippen LogP contribution < -0.4 is 19.5 Å². The maximum Gasteiger partial charge on any atom is 0.267 e. The van der Waals surface area contributed by atoms with Crippen LogP contribution in [-0.4, -0.2) is 30.9 Å². The molecule has 0 radical (unpaired) electrons. The Morgan fingerprint density at radius 1 is 1.15 bits per heavy atom. The van der Waals surface area contributed by atoms with Gasteiger partial charge in [0.05, 0.1) is 7.11 Å². The predicted octanol–water partition coefficient (Wildman–Crippen LogP) is 2.89. The minimum atomic E-state index is -0.0941. The van der Waals surface area contributed by atoms with Crippen molar-refractivity contribution in [3.63, 3.8) is 0 Å². The minimum absolute atomic E-state index is 0.0941. The quantitative estimate of drug-likeness (QED) is 0.767. The fourth-order valence-electron chi connectivity index (χ4n) is 3.18. The topological polar surface area (TPSA) is 61.7 Å². The maximum atomic E-state index is 12.6. The van der Waals surface area contributed by atoms with Crippen LogP contribution in [0.5, 0.6) is 17.2 Å². The molecule has 0 saturated heterocycles. The lowest BCUT2D eigenvalue weighted by atomic mass is 10.1. The molecule has 134 valence electrons. The molecule has 2 heterocycles. The summed E-state index contributed by atoms with van der Waals surface area (Å²) in [5, 5.41) is 3.96. The van der Waals surface area contributed by atoms with Crippen LogP contribution in [0.15, 0.2) is 42.5 Å². The molecule has 2 aromatic carbocycles. The zero-order valence-corrected chi connectivity index (χ0v) is 14.7. The number of nitrogens with zero attached hydrogens (tertiary/aromatic N) is 1. The highest BCUT2D eigenvalue weighted by Gasteiger charge is 2.15. The number of hydrogen-bond donors (Lipinski definition) is 1. The number of carbonyl (C=O) groups is 1.